The van der Waals surface area contributed by atoms with Crippen molar-refractivity contribution < 1.29 is 172 Å². The smallest absolute Gasteiger partial charge is 0.407 e. The zero-order chi connectivity index (χ0) is 81.1. The molecule has 109 heavy (non-hydrogen) atoms. The Kier molecular flexibility index (Phi) is 38.6. The van der Waals surface area contributed by atoms with Gasteiger partial charge in [0.25, 0.3) is 0 Å². The highest BCUT2D eigenvalue weighted by Crippen LogP contribution is 2.34. The Labute approximate surface area is 625 Å². The van der Waals surface area contributed by atoms with Crippen molar-refractivity contribution in [3.8, 4) is 0 Å². The number of benzene rings is 1. The zero-order valence-electron chi connectivity index (χ0n) is 62.3. The Balaban J connectivity index is 1.67. The van der Waals surface area contributed by atoms with Crippen LogP contribution in [0.4, 0.5) is 4.79 Å². The number of esters is 12. The van der Waals surface area contributed by atoms with Gasteiger partial charge in [-0.3, -0.25) is 76.7 Å². The van der Waals surface area contributed by atoms with E-state index in [9.17, 15) is 81.5 Å². The second-order valence-electron chi connectivity index (χ2n) is 24.6. The molecule has 15 atom stereocenters. The van der Waals surface area contributed by atoms with Crippen LogP contribution in [0.3, 0.4) is 0 Å². The van der Waals surface area contributed by atoms with Crippen molar-refractivity contribution in [2.45, 2.75) is 226 Å². The number of carbonyl (C=O) groups excluding carboxylic acids is 17. The van der Waals surface area contributed by atoms with E-state index >= 15 is 0 Å². The highest BCUT2D eigenvalue weighted by Gasteiger charge is 2.56. The second kappa shape index (κ2) is 46.2. The summed E-state index contributed by atoms with van der Waals surface area (Å²) < 4.78 is 105. The largest absolute Gasteiger partial charge is 0.463 e. The number of alkyl carbamates (subject to hydrolysis) is 1. The van der Waals surface area contributed by atoms with Crippen LogP contribution < -0.4 is 26.6 Å². The Morgan fingerprint density at radius 1 is 0.330 bits per heavy atom. The monoisotopic (exact) mass is 1560 g/mol. The number of ether oxygens (including phenoxy) is 19. The number of rotatable bonds is 41. The van der Waals surface area contributed by atoms with Crippen LogP contribution in [-0.2, 0) is 173 Å². The standard InChI is InChI=1S/C68H95N5O36/c1-35(74)94-32-48-55(98-38(4)77)58(101-41(7)80)61(104-44(10)83)64(107-48)91-27-24-69-51(86)18-21-68(73-54(89)30-72-67(90)97-31-47-16-14-13-15-17-47,22-19-52(87)70-25-28-92-65-62(105-45(11)84)59(102-42(8)81)56(99-39(5)78)49(108-65)33-95-36(2)75)23-20-53(88)71-26-29-93-66-63(106-46(12)85)60(103-43(9)82)57(100-40(6)79)50(109-66)34-96-37(3)76/h13-17,48-50,55-66H,18-34H2,1-12H3,(H,69,86)(H,70,87)(H,71,88)(H,72,90)(H,73,89)/t48-,49-,50-,55+,56+,57+,58+,59+,60+,61-,62-,63-,64-,65-,66-/m1/s1. The van der Waals surface area contributed by atoms with E-state index in [-0.39, 0.29) is 45.5 Å². The van der Waals surface area contributed by atoms with E-state index in [0.717, 1.165) is 83.1 Å². The van der Waals surface area contributed by atoms with E-state index in [2.05, 4.69) is 26.6 Å². The van der Waals surface area contributed by atoms with Crippen LogP contribution in [0, 0.1) is 0 Å². The minimum Gasteiger partial charge on any atom is -0.463 e. The summed E-state index contributed by atoms with van der Waals surface area (Å²) in [6.07, 6.45) is -27.0. The van der Waals surface area contributed by atoms with Crippen molar-refractivity contribution >= 4 is 101 Å². The molecule has 3 aliphatic rings. The molecular weight excluding hydrogens is 1460 g/mol. The second-order valence-corrected chi connectivity index (χ2v) is 24.6. The van der Waals surface area contributed by atoms with E-state index in [4.69, 9.17) is 90.0 Å². The van der Waals surface area contributed by atoms with Crippen molar-refractivity contribution in [2.75, 3.05) is 65.8 Å². The summed E-state index contributed by atoms with van der Waals surface area (Å²) in [6, 6.07) is 8.49. The third kappa shape index (κ3) is 33.8. The van der Waals surface area contributed by atoms with Crippen LogP contribution in [0.1, 0.15) is 127 Å². The molecule has 5 amide bonds. The average Bonchev–Trinajstić information content (AvgIpc) is 0.803. The zero-order valence-corrected chi connectivity index (χ0v) is 62.3. The van der Waals surface area contributed by atoms with Gasteiger partial charge >= 0.3 is 77.7 Å². The quantitative estimate of drug-likeness (QED) is 0.0291. The highest BCUT2D eigenvalue weighted by molar-refractivity contribution is 5.84. The van der Waals surface area contributed by atoms with Gasteiger partial charge in [-0.05, 0) is 24.8 Å². The third-order valence-electron chi connectivity index (χ3n) is 15.5. The summed E-state index contributed by atoms with van der Waals surface area (Å²) in [5.41, 5.74) is -1.16. The summed E-state index contributed by atoms with van der Waals surface area (Å²) >= 11 is 0. The lowest BCUT2D eigenvalue weighted by Gasteiger charge is -2.44. The molecule has 0 radical (unpaired) electrons. The molecule has 0 bridgehead atoms. The van der Waals surface area contributed by atoms with Gasteiger partial charge in [0.1, 0.15) is 51.3 Å². The van der Waals surface area contributed by atoms with Crippen molar-refractivity contribution in [3.63, 3.8) is 0 Å². The number of hydrogen-bond donors (Lipinski definition) is 5. The third-order valence-corrected chi connectivity index (χ3v) is 15.5. The maximum absolute atomic E-state index is 14.2. The average molecular weight is 1560 g/mol. The van der Waals surface area contributed by atoms with E-state index in [1.807, 2.05) is 0 Å². The molecule has 3 aliphatic heterocycles. The van der Waals surface area contributed by atoms with Crippen molar-refractivity contribution in [1.82, 2.24) is 26.6 Å². The first-order valence-electron chi connectivity index (χ1n) is 34.3. The van der Waals surface area contributed by atoms with Gasteiger partial charge in [0.2, 0.25) is 23.6 Å². The first-order valence-corrected chi connectivity index (χ1v) is 34.3. The topological polar surface area (TPSA) is 526 Å². The summed E-state index contributed by atoms with van der Waals surface area (Å²) in [6.45, 7) is 7.27. The molecule has 0 saturated carbocycles. The summed E-state index contributed by atoms with van der Waals surface area (Å²) in [5, 5.41) is 13.0. The molecule has 1 aromatic carbocycles. The Hall–Kier alpha value is -10.2. The highest BCUT2D eigenvalue weighted by atomic mass is 16.8. The fraction of sp³-hybridized carbons (Fsp3) is 0.662. The number of amides is 5. The van der Waals surface area contributed by atoms with Gasteiger partial charge in [-0.25, -0.2) is 4.79 Å². The Morgan fingerprint density at radius 3 is 0.881 bits per heavy atom. The SMILES string of the molecule is CC(=O)OC[C@H]1O[C@@H](OCCNC(=O)CCC(CCC(=O)NCCO[C@@H]2O[C@H](COC(C)=O)[C@H](OC(C)=O)[C@H](OC(C)=O)[C@H]2OC(C)=O)(CCC(=O)NCCO[C@@H]2O[C@H](COC(C)=O)[C@H](OC(C)=O)[C@H](OC(C)=O)[C@H]2OC(C)=O)NC(=O)CNC(=O)OCc2ccccc2)[C@H](OC(C)=O)[C@@H](OC(C)=O)[C@H]1OC(C)=O. The lowest BCUT2D eigenvalue weighted by Crippen LogP contribution is -2.63. The van der Waals surface area contributed by atoms with Gasteiger partial charge < -0.3 is 117 Å². The van der Waals surface area contributed by atoms with Crippen molar-refractivity contribution in [3.05, 3.63) is 35.9 Å². The maximum atomic E-state index is 14.2. The first kappa shape index (κ1) is 91.2. The van der Waals surface area contributed by atoms with Crippen LogP contribution in [0.15, 0.2) is 30.3 Å². The number of hydrogen-bond acceptors (Lipinski definition) is 36. The molecule has 608 valence electrons. The molecule has 41 nitrogen and oxygen atoms in total. The first-order chi connectivity index (χ1) is 51.4. The van der Waals surface area contributed by atoms with Gasteiger partial charge in [-0.15, -0.1) is 0 Å². The molecule has 41 heteroatoms. The van der Waals surface area contributed by atoms with Crippen LogP contribution >= 0.6 is 0 Å². The summed E-state index contributed by atoms with van der Waals surface area (Å²) in [5.74, 6) is -13.7. The van der Waals surface area contributed by atoms with Crippen LogP contribution in [0.25, 0.3) is 0 Å². The van der Waals surface area contributed by atoms with Crippen molar-refractivity contribution in [1.29, 1.82) is 0 Å². The minimum absolute atomic E-state index is 0.202. The normalized spacial score (nSPS) is 23.5. The van der Waals surface area contributed by atoms with Crippen molar-refractivity contribution in [2.24, 2.45) is 0 Å². The fourth-order valence-corrected chi connectivity index (χ4v) is 11.2. The van der Waals surface area contributed by atoms with E-state index < -0.39 is 264 Å². The molecule has 3 fully saturated rings. The lowest BCUT2D eigenvalue weighted by molar-refractivity contribution is -0.307. The van der Waals surface area contributed by atoms with E-state index in [1.165, 1.54) is 0 Å². The van der Waals surface area contributed by atoms with Gasteiger partial charge in [-0.2, -0.15) is 0 Å². The molecule has 0 aromatic heterocycles. The van der Waals surface area contributed by atoms with Gasteiger partial charge in [0, 0.05) is 128 Å². The predicted octanol–water partition coefficient (Wildman–Crippen LogP) is -1.24. The molecule has 3 heterocycles. The Bertz CT molecular complexity index is 3040. The molecule has 5 N–H and O–H groups in total. The van der Waals surface area contributed by atoms with Crippen LogP contribution in [0.5, 0.6) is 0 Å². The molecule has 0 unspecified atom stereocenters. The molecule has 4 rings (SSSR count). The molecular formula is C68H95N5O36. The van der Waals surface area contributed by atoms with Gasteiger partial charge in [0.05, 0.1) is 19.8 Å². The maximum Gasteiger partial charge on any atom is 0.407 e. The van der Waals surface area contributed by atoms with E-state index in [0.29, 0.717) is 5.56 Å². The summed E-state index contributed by atoms with van der Waals surface area (Å²) in [7, 11) is 0. The van der Waals surface area contributed by atoms with Crippen LogP contribution in [-0.4, -0.2) is 265 Å². The predicted molar refractivity (Wildman–Crippen MR) is 356 cm³/mol. The van der Waals surface area contributed by atoms with Gasteiger partial charge in [-0.1, -0.05) is 30.3 Å². The Morgan fingerprint density at radius 2 is 0.606 bits per heavy atom. The van der Waals surface area contributed by atoms with Crippen LogP contribution in [0.2, 0.25) is 0 Å². The molecule has 0 spiro atoms. The summed E-state index contributed by atoms with van der Waals surface area (Å²) in [4.78, 5) is 217. The molecule has 0 aliphatic carbocycles. The molecule has 3 saturated heterocycles. The lowest BCUT2D eigenvalue weighted by atomic mass is 9.83. The minimum atomic E-state index is -1.76. The molecule has 1 aromatic rings. The number of carbonyl (C=O) groups is 17. The fourth-order valence-electron chi connectivity index (χ4n) is 11.2. The number of nitrogens with one attached hydrogen (secondary N) is 5. The van der Waals surface area contributed by atoms with E-state index in [1.54, 1.807) is 30.3 Å². The van der Waals surface area contributed by atoms with Gasteiger partial charge in [0.15, 0.2) is 73.8 Å².